The van der Waals surface area contributed by atoms with E-state index in [4.69, 9.17) is 10.5 Å². The zero-order valence-electron chi connectivity index (χ0n) is 12.4. The smallest absolute Gasteiger partial charge is 0.253 e. The third-order valence-electron chi connectivity index (χ3n) is 3.91. The molecule has 0 atom stereocenters. The van der Waals surface area contributed by atoms with Crippen LogP contribution in [0.1, 0.15) is 23.2 Å². The summed E-state index contributed by atoms with van der Waals surface area (Å²) in [5.41, 5.74) is 6.57. The van der Waals surface area contributed by atoms with Crippen LogP contribution in [0.25, 0.3) is 0 Å². The second kappa shape index (κ2) is 6.62. The van der Waals surface area contributed by atoms with E-state index in [0.717, 1.165) is 37.4 Å². The van der Waals surface area contributed by atoms with Crippen LogP contribution in [0.4, 0.5) is 0 Å². The summed E-state index contributed by atoms with van der Waals surface area (Å²) in [6.45, 7) is 1.48. The van der Waals surface area contributed by atoms with Crippen LogP contribution in [0.2, 0.25) is 0 Å². The predicted octanol–water partition coefficient (Wildman–Crippen LogP) is 3.04. The number of ether oxygens (including phenoxy) is 1. The van der Waals surface area contributed by atoms with Crippen LogP contribution >= 0.6 is 0 Å². The van der Waals surface area contributed by atoms with Crippen molar-refractivity contribution < 1.29 is 9.53 Å². The van der Waals surface area contributed by atoms with E-state index in [0.29, 0.717) is 5.56 Å². The average molecular weight is 296 g/mol. The van der Waals surface area contributed by atoms with Crippen molar-refractivity contribution in [3.8, 4) is 11.5 Å². The number of likely N-dealkylation sites (tertiary alicyclic amines) is 1. The van der Waals surface area contributed by atoms with Crippen LogP contribution in [0.15, 0.2) is 54.6 Å². The normalized spacial score (nSPS) is 15.6. The molecule has 4 nitrogen and oxygen atoms in total. The number of amides is 1. The van der Waals surface area contributed by atoms with Gasteiger partial charge in [-0.15, -0.1) is 0 Å². The summed E-state index contributed by atoms with van der Waals surface area (Å²) in [5.74, 6) is 1.58. The van der Waals surface area contributed by atoms with Gasteiger partial charge in [-0.25, -0.2) is 0 Å². The average Bonchev–Trinajstić information content (AvgIpc) is 2.57. The zero-order chi connectivity index (χ0) is 15.4. The van der Waals surface area contributed by atoms with Crippen LogP contribution in [-0.4, -0.2) is 29.9 Å². The first kappa shape index (κ1) is 14.6. The van der Waals surface area contributed by atoms with E-state index in [2.05, 4.69) is 0 Å². The van der Waals surface area contributed by atoms with Crippen LogP contribution in [0.5, 0.6) is 11.5 Å². The van der Waals surface area contributed by atoms with Crippen LogP contribution in [0.3, 0.4) is 0 Å². The fourth-order valence-electron chi connectivity index (χ4n) is 2.58. The lowest BCUT2D eigenvalue weighted by Crippen LogP contribution is -2.42. The molecule has 0 saturated carbocycles. The molecule has 22 heavy (non-hydrogen) atoms. The minimum atomic E-state index is 0.0677. The summed E-state index contributed by atoms with van der Waals surface area (Å²) in [6.07, 6.45) is 1.75. The Balaban J connectivity index is 1.65. The largest absolute Gasteiger partial charge is 0.457 e. The molecule has 3 rings (SSSR count). The molecular formula is C18H20N2O2. The molecule has 0 aromatic heterocycles. The maximum absolute atomic E-state index is 12.4. The highest BCUT2D eigenvalue weighted by molar-refractivity contribution is 5.94. The molecule has 1 amide bonds. The summed E-state index contributed by atoms with van der Waals surface area (Å²) in [4.78, 5) is 14.3. The van der Waals surface area contributed by atoms with Gasteiger partial charge in [-0.05, 0) is 49.2 Å². The van der Waals surface area contributed by atoms with Gasteiger partial charge in [0.1, 0.15) is 11.5 Å². The van der Waals surface area contributed by atoms with Crippen molar-refractivity contribution in [2.75, 3.05) is 13.1 Å². The van der Waals surface area contributed by atoms with Crippen molar-refractivity contribution >= 4 is 5.91 Å². The van der Waals surface area contributed by atoms with Crippen molar-refractivity contribution in [3.05, 3.63) is 60.2 Å². The van der Waals surface area contributed by atoms with Gasteiger partial charge in [-0.3, -0.25) is 4.79 Å². The monoisotopic (exact) mass is 296 g/mol. The van der Waals surface area contributed by atoms with Crippen molar-refractivity contribution in [1.82, 2.24) is 4.90 Å². The molecule has 1 fully saturated rings. The molecule has 0 spiro atoms. The third kappa shape index (κ3) is 3.46. The summed E-state index contributed by atoms with van der Waals surface area (Å²) in [6, 6.07) is 17.1. The van der Waals surface area contributed by atoms with Crippen molar-refractivity contribution in [2.24, 2.45) is 5.73 Å². The van der Waals surface area contributed by atoms with E-state index in [9.17, 15) is 4.79 Å². The fraction of sp³-hybridized carbons (Fsp3) is 0.278. The Hall–Kier alpha value is -2.33. The van der Waals surface area contributed by atoms with E-state index in [1.165, 1.54) is 0 Å². The van der Waals surface area contributed by atoms with Gasteiger partial charge in [0.2, 0.25) is 0 Å². The molecule has 4 heteroatoms. The molecule has 2 aromatic rings. The molecule has 114 valence electrons. The van der Waals surface area contributed by atoms with Gasteiger partial charge in [-0.2, -0.15) is 0 Å². The summed E-state index contributed by atoms with van der Waals surface area (Å²) in [7, 11) is 0. The SMILES string of the molecule is NC1CCN(C(=O)c2ccc(Oc3ccccc3)cc2)CC1. The minimum Gasteiger partial charge on any atom is -0.457 e. The molecular weight excluding hydrogens is 276 g/mol. The molecule has 0 radical (unpaired) electrons. The third-order valence-corrected chi connectivity index (χ3v) is 3.91. The van der Waals surface area contributed by atoms with E-state index >= 15 is 0 Å². The van der Waals surface area contributed by atoms with Gasteiger partial charge in [-0.1, -0.05) is 18.2 Å². The van der Waals surface area contributed by atoms with Gasteiger partial charge < -0.3 is 15.4 Å². The first-order chi connectivity index (χ1) is 10.7. The number of carbonyl (C=O) groups is 1. The predicted molar refractivity (Wildman–Crippen MR) is 86.1 cm³/mol. The number of benzene rings is 2. The van der Waals surface area contributed by atoms with Gasteiger partial charge in [0.05, 0.1) is 0 Å². The van der Waals surface area contributed by atoms with Crippen molar-refractivity contribution in [1.29, 1.82) is 0 Å². The number of para-hydroxylation sites is 1. The topological polar surface area (TPSA) is 55.6 Å². The molecule has 0 unspecified atom stereocenters. The first-order valence-electron chi connectivity index (χ1n) is 7.60. The molecule has 1 aliphatic heterocycles. The highest BCUT2D eigenvalue weighted by Gasteiger charge is 2.21. The van der Waals surface area contributed by atoms with E-state index in [-0.39, 0.29) is 11.9 Å². The standard InChI is InChI=1S/C18H20N2O2/c19-15-10-12-20(13-11-15)18(21)14-6-8-17(9-7-14)22-16-4-2-1-3-5-16/h1-9,15H,10-13,19H2. The van der Waals surface area contributed by atoms with Crippen LogP contribution in [0, 0.1) is 0 Å². The number of rotatable bonds is 3. The fourth-order valence-corrected chi connectivity index (χ4v) is 2.58. The minimum absolute atomic E-state index is 0.0677. The number of nitrogens with zero attached hydrogens (tertiary/aromatic N) is 1. The first-order valence-corrected chi connectivity index (χ1v) is 7.60. The Morgan fingerprint density at radius 2 is 1.55 bits per heavy atom. The number of nitrogens with two attached hydrogens (primary N) is 1. The Kier molecular flexibility index (Phi) is 4.39. The van der Waals surface area contributed by atoms with E-state index < -0.39 is 0 Å². The lowest BCUT2D eigenvalue weighted by Gasteiger charge is -2.30. The second-order valence-electron chi connectivity index (χ2n) is 5.57. The summed E-state index contributed by atoms with van der Waals surface area (Å²) >= 11 is 0. The second-order valence-corrected chi connectivity index (χ2v) is 5.57. The number of hydrogen-bond acceptors (Lipinski definition) is 3. The molecule has 0 bridgehead atoms. The Labute approximate surface area is 130 Å². The van der Waals surface area contributed by atoms with E-state index in [1.54, 1.807) is 0 Å². The highest BCUT2D eigenvalue weighted by atomic mass is 16.5. The number of hydrogen-bond donors (Lipinski definition) is 1. The summed E-state index contributed by atoms with van der Waals surface area (Å²) in [5, 5.41) is 0. The van der Waals surface area contributed by atoms with E-state index in [1.807, 2.05) is 59.5 Å². The Morgan fingerprint density at radius 1 is 0.955 bits per heavy atom. The quantitative estimate of drug-likeness (QED) is 0.947. The van der Waals surface area contributed by atoms with Crippen LogP contribution < -0.4 is 10.5 Å². The van der Waals surface area contributed by atoms with Gasteiger partial charge in [0.15, 0.2) is 0 Å². The lowest BCUT2D eigenvalue weighted by atomic mass is 10.0. The van der Waals surface area contributed by atoms with Crippen LogP contribution in [-0.2, 0) is 0 Å². The maximum atomic E-state index is 12.4. The molecule has 1 saturated heterocycles. The highest BCUT2D eigenvalue weighted by Crippen LogP contribution is 2.22. The molecule has 0 aliphatic carbocycles. The molecule has 1 heterocycles. The molecule has 2 N–H and O–H groups in total. The number of carbonyl (C=O) groups excluding carboxylic acids is 1. The van der Waals surface area contributed by atoms with Gasteiger partial charge >= 0.3 is 0 Å². The Bertz CT molecular complexity index is 617. The lowest BCUT2D eigenvalue weighted by molar-refractivity contribution is 0.0715. The zero-order valence-corrected chi connectivity index (χ0v) is 12.4. The molecule has 2 aromatic carbocycles. The summed E-state index contributed by atoms with van der Waals surface area (Å²) < 4.78 is 5.73. The van der Waals surface area contributed by atoms with Gasteiger partial charge in [0.25, 0.3) is 5.91 Å². The molecule has 1 aliphatic rings. The Morgan fingerprint density at radius 3 is 2.18 bits per heavy atom. The van der Waals surface area contributed by atoms with Gasteiger partial charge in [0, 0.05) is 24.7 Å². The van der Waals surface area contributed by atoms with Crippen molar-refractivity contribution in [3.63, 3.8) is 0 Å². The maximum Gasteiger partial charge on any atom is 0.253 e. The van der Waals surface area contributed by atoms with Crippen molar-refractivity contribution in [2.45, 2.75) is 18.9 Å². The number of piperidine rings is 1.